The van der Waals surface area contributed by atoms with Crippen LogP contribution in [0.4, 0.5) is 8.78 Å². The maximum atomic E-state index is 13.4. The third-order valence-corrected chi connectivity index (χ3v) is 4.65. The minimum absolute atomic E-state index is 0.135. The van der Waals surface area contributed by atoms with Crippen molar-refractivity contribution in [1.29, 1.82) is 0 Å². The minimum Gasteiger partial charge on any atom is -0.313 e. The fraction of sp³-hybridized carbons (Fsp3) is 0.455. The largest absolute Gasteiger partial charge is 0.313 e. The Bertz CT molecular complexity index is 510. The summed E-state index contributed by atoms with van der Waals surface area (Å²) in [5.74, 6) is -1.95. The van der Waals surface area contributed by atoms with Gasteiger partial charge in [0.05, 0.1) is 5.75 Å². The molecule has 2 rings (SSSR count). The van der Waals surface area contributed by atoms with Crippen molar-refractivity contribution in [2.24, 2.45) is 0 Å². The highest BCUT2D eigenvalue weighted by atomic mass is 32.2. The number of halogens is 2. The molecule has 1 N–H and O–H groups in total. The van der Waals surface area contributed by atoms with Gasteiger partial charge in [-0.2, -0.15) is 0 Å². The van der Waals surface area contributed by atoms with Gasteiger partial charge in [-0.25, -0.2) is 17.2 Å². The van der Waals surface area contributed by atoms with Crippen LogP contribution < -0.4 is 5.32 Å². The molecule has 0 aromatic heterocycles. The summed E-state index contributed by atoms with van der Waals surface area (Å²) in [5.41, 5.74) is 0. The van der Waals surface area contributed by atoms with Crippen LogP contribution in [0.1, 0.15) is 12.8 Å². The number of nitrogens with one attached hydrogen (secondary N) is 1. The molecular weight excluding hydrogens is 248 g/mol. The van der Waals surface area contributed by atoms with E-state index in [-0.39, 0.29) is 11.8 Å². The van der Waals surface area contributed by atoms with Crippen LogP contribution in [0.3, 0.4) is 0 Å². The van der Waals surface area contributed by atoms with Gasteiger partial charge >= 0.3 is 0 Å². The second kappa shape index (κ2) is 4.70. The Morgan fingerprint density at radius 3 is 2.71 bits per heavy atom. The molecule has 1 aromatic carbocycles. The van der Waals surface area contributed by atoms with Gasteiger partial charge in [-0.3, -0.25) is 0 Å². The molecule has 0 aliphatic carbocycles. The Labute approximate surface area is 98.8 Å². The molecule has 0 amide bonds. The van der Waals surface area contributed by atoms with Crippen molar-refractivity contribution < 1.29 is 17.2 Å². The molecule has 3 nitrogen and oxygen atoms in total. The molecule has 6 heteroatoms. The first-order valence-electron chi connectivity index (χ1n) is 5.40. The smallest absolute Gasteiger partial charge is 0.182 e. The van der Waals surface area contributed by atoms with Gasteiger partial charge < -0.3 is 5.32 Å². The fourth-order valence-corrected chi connectivity index (χ4v) is 3.61. The van der Waals surface area contributed by atoms with Gasteiger partial charge in [0.15, 0.2) is 9.84 Å². The van der Waals surface area contributed by atoms with E-state index >= 15 is 0 Å². The quantitative estimate of drug-likeness (QED) is 0.839. The van der Waals surface area contributed by atoms with Crippen molar-refractivity contribution in [2.45, 2.75) is 23.8 Å². The number of benzene rings is 1. The van der Waals surface area contributed by atoms with E-state index < -0.39 is 26.4 Å². The fourth-order valence-electron chi connectivity index (χ4n) is 1.98. The Balaban J connectivity index is 2.24. The third kappa shape index (κ3) is 2.81. The van der Waals surface area contributed by atoms with Crippen LogP contribution in [0.15, 0.2) is 23.1 Å². The zero-order valence-electron chi connectivity index (χ0n) is 9.12. The molecule has 1 aromatic rings. The minimum atomic E-state index is -3.70. The Morgan fingerprint density at radius 2 is 2.12 bits per heavy atom. The molecule has 0 bridgehead atoms. The van der Waals surface area contributed by atoms with E-state index in [2.05, 4.69) is 5.32 Å². The zero-order chi connectivity index (χ0) is 12.5. The molecule has 1 saturated heterocycles. The van der Waals surface area contributed by atoms with Crippen LogP contribution in [0.2, 0.25) is 0 Å². The summed E-state index contributed by atoms with van der Waals surface area (Å²) < 4.78 is 49.9. The van der Waals surface area contributed by atoms with Crippen molar-refractivity contribution in [3.63, 3.8) is 0 Å². The summed E-state index contributed by atoms with van der Waals surface area (Å²) in [7, 11) is -3.70. The van der Waals surface area contributed by atoms with Crippen LogP contribution in [0.25, 0.3) is 0 Å². The highest BCUT2D eigenvalue weighted by molar-refractivity contribution is 7.91. The van der Waals surface area contributed by atoms with E-state index in [1.165, 1.54) is 0 Å². The predicted octanol–water partition coefficient (Wildman–Crippen LogP) is 1.49. The summed E-state index contributed by atoms with van der Waals surface area (Å²) in [6, 6.07) is 2.39. The SMILES string of the molecule is O=S(=O)(C[C@H]1CCCN1)c1ccc(F)cc1F. The summed E-state index contributed by atoms with van der Waals surface area (Å²) in [6.45, 7) is 0.784. The van der Waals surface area contributed by atoms with Gasteiger partial charge in [0.25, 0.3) is 0 Å². The Morgan fingerprint density at radius 1 is 1.35 bits per heavy atom. The molecular formula is C11H13F2NO2S. The summed E-state index contributed by atoms with van der Waals surface area (Å²) >= 11 is 0. The summed E-state index contributed by atoms with van der Waals surface area (Å²) in [5, 5.41) is 3.04. The first-order chi connectivity index (χ1) is 7.99. The van der Waals surface area contributed by atoms with Crippen LogP contribution in [-0.2, 0) is 9.84 Å². The molecule has 94 valence electrons. The van der Waals surface area contributed by atoms with Gasteiger partial charge in [0, 0.05) is 12.1 Å². The lowest BCUT2D eigenvalue weighted by atomic mass is 10.3. The van der Waals surface area contributed by atoms with Gasteiger partial charge in [0.1, 0.15) is 16.5 Å². The second-order valence-electron chi connectivity index (χ2n) is 4.15. The number of hydrogen-bond acceptors (Lipinski definition) is 3. The molecule has 0 spiro atoms. The lowest BCUT2D eigenvalue weighted by Gasteiger charge is -2.11. The first-order valence-corrected chi connectivity index (χ1v) is 7.05. The maximum absolute atomic E-state index is 13.4. The van der Waals surface area contributed by atoms with E-state index in [1.54, 1.807) is 0 Å². The van der Waals surface area contributed by atoms with Crippen molar-refractivity contribution in [2.75, 3.05) is 12.3 Å². The third-order valence-electron chi connectivity index (χ3n) is 2.81. The zero-order valence-corrected chi connectivity index (χ0v) is 9.93. The standard InChI is InChI=1S/C11H13F2NO2S/c12-8-3-4-11(10(13)6-8)17(15,16)7-9-2-1-5-14-9/h3-4,6,9,14H,1-2,5,7H2/t9-/m1/s1. The molecule has 1 heterocycles. The van der Waals surface area contributed by atoms with E-state index in [0.29, 0.717) is 6.07 Å². The van der Waals surface area contributed by atoms with Crippen molar-refractivity contribution in [3.8, 4) is 0 Å². The molecule has 0 radical (unpaired) electrons. The highest BCUT2D eigenvalue weighted by Crippen LogP contribution is 2.19. The number of rotatable bonds is 3. The van der Waals surface area contributed by atoms with Gasteiger partial charge in [0.2, 0.25) is 0 Å². The van der Waals surface area contributed by atoms with Crippen LogP contribution in [0.5, 0.6) is 0 Å². The molecule has 17 heavy (non-hydrogen) atoms. The predicted molar refractivity (Wildman–Crippen MR) is 59.4 cm³/mol. The Kier molecular flexibility index (Phi) is 3.44. The lowest BCUT2D eigenvalue weighted by molar-refractivity contribution is 0.543. The molecule has 0 unspecified atom stereocenters. The number of hydrogen-bond donors (Lipinski definition) is 1. The average molecular weight is 261 g/mol. The molecule has 1 fully saturated rings. The molecule has 1 aliphatic heterocycles. The van der Waals surface area contributed by atoms with E-state index in [4.69, 9.17) is 0 Å². The van der Waals surface area contributed by atoms with Gasteiger partial charge in [-0.15, -0.1) is 0 Å². The van der Waals surface area contributed by atoms with Gasteiger partial charge in [-0.1, -0.05) is 0 Å². The number of sulfone groups is 1. The molecule has 1 aliphatic rings. The van der Waals surface area contributed by atoms with Gasteiger partial charge in [-0.05, 0) is 31.5 Å². The van der Waals surface area contributed by atoms with Crippen LogP contribution in [0, 0.1) is 11.6 Å². The van der Waals surface area contributed by atoms with E-state index in [1.807, 2.05) is 0 Å². The van der Waals surface area contributed by atoms with Crippen molar-refractivity contribution >= 4 is 9.84 Å². The molecule has 1 atom stereocenters. The monoisotopic (exact) mass is 261 g/mol. The van der Waals surface area contributed by atoms with Crippen LogP contribution >= 0.6 is 0 Å². The van der Waals surface area contributed by atoms with E-state index in [9.17, 15) is 17.2 Å². The lowest BCUT2D eigenvalue weighted by Crippen LogP contribution is -2.30. The first kappa shape index (κ1) is 12.4. The van der Waals surface area contributed by atoms with E-state index in [0.717, 1.165) is 31.5 Å². The maximum Gasteiger partial charge on any atom is 0.182 e. The van der Waals surface area contributed by atoms with Crippen LogP contribution in [-0.4, -0.2) is 26.8 Å². The molecule has 0 saturated carbocycles. The topological polar surface area (TPSA) is 46.2 Å². The van der Waals surface area contributed by atoms with Crippen molar-refractivity contribution in [3.05, 3.63) is 29.8 Å². The Hall–Kier alpha value is -1.01. The average Bonchev–Trinajstić information content (AvgIpc) is 2.68. The van der Waals surface area contributed by atoms with Crippen molar-refractivity contribution in [1.82, 2.24) is 5.32 Å². The summed E-state index contributed by atoms with van der Waals surface area (Å²) in [6.07, 6.45) is 1.69. The highest BCUT2D eigenvalue weighted by Gasteiger charge is 2.26. The normalized spacial score (nSPS) is 20.7. The second-order valence-corrected chi connectivity index (χ2v) is 6.15. The summed E-state index contributed by atoms with van der Waals surface area (Å²) in [4.78, 5) is -0.424.